The molecule has 3 aromatic rings. The topological polar surface area (TPSA) is 100.0 Å². The minimum Gasteiger partial charge on any atom is -0.508 e. The number of methoxy groups -OCH3 is 1. The number of aromatic hydroxyl groups is 1. The van der Waals surface area contributed by atoms with Gasteiger partial charge in [-0.05, 0) is 42.2 Å². The van der Waals surface area contributed by atoms with Crippen LogP contribution in [-0.4, -0.2) is 39.4 Å². The predicted molar refractivity (Wildman–Crippen MR) is 135 cm³/mol. The summed E-state index contributed by atoms with van der Waals surface area (Å²) in [5, 5.41) is 20.9. The van der Waals surface area contributed by atoms with Crippen molar-refractivity contribution in [2.75, 3.05) is 12.0 Å². The van der Waals surface area contributed by atoms with Crippen molar-refractivity contribution in [2.45, 2.75) is 43.7 Å². The number of benzene rings is 2. The second-order valence-electron chi connectivity index (χ2n) is 8.42. The van der Waals surface area contributed by atoms with E-state index in [1.54, 1.807) is 18.1 Å². The zero-order valence-electron chi connectivity index (χ0n) is 19.3. The number of hydrogen-bond acceptors (Lipinski definition) is 7. The summed E-state index contributed by atoms with van der Waals surface area (Å²) in [6, 6.07) is 11.1. The Morgan fingerprint density at radius 3 is 2.68 bits per heavy atom. The molecule has 1 aromatic heterocycles. The highest BCUT2D eigenvalue weighted by Gasteiger charge is 2.45. The number of anilines is 1. The molecule has 1 saturated heterocycles. The molecule has 1 fully saturated rings. The van der Waals surface area contributed by atoms with Gasteiger partial charge in [0.15, 0.2) is 5.13 Å². The molecule has 2 heterocycles. The summed E-state index contributed by atoms with van der Waals surface area (Å²) >= 11 is 2.63. The normalized spacial score (nSPS) is 18.0. The minimum absolute atomic E-state index is 0.140. The number of hydrogen-bond donors (Lipinski definition) is 2. The van der Waals surface area contributed by atoms with Crippen molar-refractivity contribution in [3.63, 3.8) is 0 Å². The maximum atomic E-state index is 13.4. The van der Waals surface area contributed by atoms with E-state index in [0.29, 0.717) is 16.6 Å². The van der Waals surface area contributed by atoms with Gasteiger partial charge in [-0.1, -0.05) is 32.0 Å². The number of rotatable bonds is 7. The number of thiazole rings is 1. The number of ether oxygens (including phenoxy) is 1. The number of nitrogens with zero attached hydrogens (tertiary/aromatic N) is 2. The largest absolute Gasteiger partial charge is 0.508 e. The van der Waals surface area contributed by atoms with Gasteiger partial charge in [0.2, 0.25) is 5.91 Å². The first-order chi connectivity index (χ1) is 16.2. The molecule has 0 saturated carbocycles. The van der Waals surface area contributed by atoms with Gasteiger partial charge in [0.25, 0.3) is 0 Å². The highest BCUT2D eigenvalue weighted by molar-refractivity contribution is 8.01. The Balaban J connectivity index is 1.77. The summed E-state index contributed by atoms with van der Waals surface area (Å²) in [6.45, 7) is 5.94. The fourth-order valence-corrected chi connectivity index (χ4v) is 6.43. The van der Waals surface area contributed by atoms with Crippen LogP contribution < -0.4 is 9.64 Å². The van der Waals surface area contributed by atoms with Crippen LogP contribution in [0.3, 0.4) is 0 Å². The van der Waals surface area contributed by atoms with Crippen LogP contribution in [0.4, 0.5) is 5.13 Å². The number of aliphatic carboxylic acids is 1. The molecule has 7 nitrogen and oxygen atoms in total. The van der Waals surface area contributed by atoms with Gasteiger partial charge in [-0.3, -0.25) is 14.5 Å². The van der Waals surface area contributed by atoms with E-state index in [1.807, 2.05) is 56.5 Å². The number of aromatic nitrogens is 1. The Hall–Kier alpha value is -3.04. The molecular formula is C25H26N2O5S2. The molecule has 0 radical (unpaired) electrons. The summed E-state index contributed by atoms with van der Waals surface area (Å²) in [5.74, 6) is -0.283. The van der Waals surface area contributed by atoms with Gasteiger partial charge in [0, 0.05) is 16.5 Å². The average molecular weight is 499 g/mol. The third-order valence-electron chi connectivity index (χ3n) is 5.78. The predicted octanol–water partition coefficient (Wildman–Crippen LogP) is 5.58. The van der Waals surface area contributed by atoms with E-state index in [0.717, 1.165) is 22.3 Å². The Labute approximate surface area is 206 Å². The van der Waals surface area contributed by atoms with Crippen LogP contribution in [0, 0.1) is 6.92 Å². The molecule has 4 rings (SSSR count). The summed E-state index contributed by atoms with van der Waals surface area (Å²) in [6.07, 6.45) is -0.265. The standard InChI is InChI=1S/C25H26N2O5S2/c1-13(2)16-10-17(14(3)9-19(16)28)18-12-33-25(26-18)27-23(31)21(11-22(29)30)34-24(27)15-7-5-6-8-20(15)32-4/h5-10,12-13,21,24,28H,11H2,1-4H3,(H,29,30). The number of phenolic OH excluding ortho intramolecular Hbond substituents is 1. The zero-order chi connectivity index (χ0) is 24.6. The summed E-state index contributed by atoms with van der Waals surface area (Å²) in [5.41, 5.74) is 4.09. The SMILES string of the molecule is COc1ccccc1C1SC(CC(=O)O)C(=O)N1c1nc(-c2cc(C(C)C)c(O)cc2C)cs1. The first kappa shape index (κ1) is 24.1. The maximum absolute atomic E-state index is 13.4. The van der Waals surface area contributed by atoms with Crippen LogP contribution in [0.1, 0.15) is 48.3 Å². The lowest BCUT2D eigenvalue weighted by atomic mass is 9.95. The maximum Gasteiger partial charge on any atom is 0.305 e. The van der Waals surface area contributed by atoms with Crippen molar-refractivity contribution in [1.29, 1.82) is 0 Å². The van der Waals surface area contributed by atoms with Crippen molar-refractivity contribution >= 4 is 40.1 Å². The Bertz CT molecular complexity index is 1240. The molecule has 9 heteroatoms. The van der Waals surface area contributed by atoms with Gasteiger partial charge in [-0.15, -0.1) is 23.1 Å². The Morgan fingerprint density at radius 1 is 1.26 bits per heavy atom. The molecular weight excluding hydrogens is 472 g/mol. The number of para-hydroxylation sites is 1. The van der Waals surface area contributed by atoms with E-state index in [9.17, 15) is 19.8 Å². The lowest BCUT2D eigenvalue weighted by molar-refractivity contribution is -0.138. The van der Waals surface area contributed by atoms with Crippen LogP contribution in [0.5, 0.6) is 11.5 Å². The fourth-order valence-electron chi connectivity index (χ4n) is 4.06. The smallest absolute Gasteiger partial charge is 0.305 e. The van der Waals surface area contributed by atoms with Gasteiger partial charge in [-0.2, -0.15) is 0 Å². The summed E-state index contributed by atoms with van der Waals surface area (Å²) in [7, 11) is 1.57. The van der Waals surface area contributed by atoms with E-state index in [1.165, 1.54) is 23.1 Å². The molecule has 2 atom stereocenters. The van der Waals surface area contributed by atoms with Crippen molar-refractivity contribution in [1.82, 2.24) is 4.98 Å². The number of amides is 1. The molecule has 0 bridgehead atoms. The van der Waals surface area contributed by atoms with Gasteiger partial charge >= 0.3 is 5.97 Å². The molecule has 34 heavy (non-hydrogen) atoms. The number of thioether (sulfide) groups is 1. The van der Waals surface area contributed by atoms with Crippen molar-refractivity contribution in [3.05, 3.63) is 58.5 Å². The van der Waals surface area contributed by atoms with Gasteiger partial charge in [0.1, 0.15) is 16.9 Å². The highest BCUT2D eigenvalue weighted by atomic mass is 32.2. The molecule has 2 unspecified atom stereocenters. The highest BCUT2D eigenvalue weighted by Crippen LogP contribution is 2.50. The van der Waals surface area contributed by atoms with E-state index in [4.69, 9.17) is 9.72 Å². The molecule has 0 spiro atoms. The molecule has 178 valence electrons. The van der Waals surface area contributed by atoms with E-state index < -0.39 is 16.6 Å². The van der Waals surface area contributed by atoms with E-state index in [2.05, 4.69) is 0 Å². The van der Waals surface area contributed by atoms with Crippen LogP contribution in [0.15, 0.2) is 41.8 Å². The van der Waals surface area contributed by atoms with Crippen molar-refractivity contribution < 1.29 is 24.5 Å². The van der Waals surface area contributed by atoms with Crippen LogP contribution >= 0.6 is 23.1 Å². The van der Waals surface area contributed by atoms with Gasteiger partial charge in [-0.25, -0.2) is 4.98 Å². The summed E-state index contributed by atoms with van der Waals surface area (Å²) in [4.78, 5) is 31.1. The van der Waals surface area contributed by atoms with Crippen LogP contribution in [0.2, 0.25) is 0 Å². The number of carbonyl (C=O) groups is 2. The minimum atomic E-state index is -1.02. The van der Waals surface area contributed by atoms with Crippen molar-refractivity contribution in [2.24, 2.45) is 0 Å². The Morgan fingerprint density at radius 2 is 2.00 bits per heavy atom. The number of aryl methyl sites for hydroxylation is 1. The van der Waals surface area contributed by atoms with Crippen LogP contribution in [-0.2, 0) is 9.59 Å². The molecule has 1 amide bonds. The average Bonchev–Trinajstić information content (AvgIpc) is 3.38. The summed E-state index contributed by atoms with van der Waals surface area (Å²) < 4.78 is 5.52. The Kier molecular flexibility index (Phi) is 6.86. The first-order valence-electron chi connectivity index (χ1n) is 10.8. The van der Waals surface area contributed by atoms with Crippen molar-refractivity contribution in [3.8, 4) is 22.8 Å². The molecule has 2 N–H and O–H groups in total. The van der Waals surface area contributed by atoms with Gasteiger partial charge < -0.3 is 14.9 Å². The first-order valence-corrected chi connectivity index (χ1v) is 12.7. The van der Waals surface area contributed by atoms with E-state index >= 15 is 0 Å². The fraction of sp³-hybridized carbons (Fsp3) is 0.320. The lowest BCUT2D eigenvalue weighted by Gasteiger charge is -2.23. The number of carbonyl (C=O) groups excluding carboxylic acids is 1. The molecule has 0 aliphatic carbocycles. The number of carboxylic acid groups (broad SMARTS) is 1. The monoisotopic (exact) mass is 498 g/mol. The van der Waals surface area contributed by atoms with E-state index in [-0.39, 0.29) is 24.0 Å². The zero-order valence-corrected chi connectivity index (χ0v) is 20.9. The molecule has 1 aliphatic heterocycles. The van der Waals surface area contributed by atoms with Crippen LogP contribution in [0.25, 0.3) is 11.3 Å². The third-order valence-corrected chi connectivity index (χ3v) is 8.03. The second kappa shape index (κ2) is 9.68. The molecule has 2 aromatic carbocycles. The second-order valence-corrected chi connectivity index (χ2v) is 10.5. The van der Waals surface area contributed by atoms with Gasteiger partial charge in [0.05, 0.1) is 24.5 Å². The molecule has 1 aliphatic rings. The number of phenols is 1. The number of carboxylic acids is 1. The lowest BCUT2D eigenvalue weighted by Crippen LogP contribution is -2.31. The quantitative estimate of drug-likeness (QED) is 0.439. The third kappa shape index (κ3) is 4.50.